The Labute approximate surface area is 167 Å². The van der Waals surface area contributed by atoms with Crippen molar-refractivity contribution in [3.05, 3.63) is 77.9 Å². The number of nitrogens with one attached hydrogen (secondary N) is 2. The van der Waals surface area contributed by atoms with Crippen LogP contribution in [0.4, 0.5) is 4.39 Å². The van der Waals surface area contributed by atoms with Gasteiger partial charge in [0.25, 0.3) is 5.91 Å². The van der Waals surface area contributed by atoms with Gasteiger partial charge in [-0.2, -0.15) is 0 Å². The topological polar surface area (TPSA) is 101 Å². The predicted molar refractivity (Wildman–Crippen MR) is 103 cm³/mol. The average Bonchev–Trinajstić information content (AvgIpc) is 2.74. The van der Waals surface area contributed by atoms with Crippen LogP contribution in [0, 0.1) is 5.82 Å². The van der Waals surface area contributed by atoms with Crippen LogP contribution in [0.1, 0.15) is 22.5 Å². The van der Waals surface area contributed by atoms with Gasteiger partial charge in [-0.1, -0.05) is 30.4 Å². The molecule has 1 aromatic heterocycles. The van der Waals surface area contributed by atoms with E-state index < -0.39 is 18.2 Å². The number of halogens is 1. The van der Waals surface area contributed by atoms with Gasteiger partial charge in [-0.3, -0.25) is 14.6 Å². The van der Waals surface area contributed by atoms with Gasteiger partial charge in [0.2, 0.25) is 5.91 Å². The summed E-state index contributed by atoms with van der Waals surface area (Å²) in [6, 6.07) is 10.4. The first-order chi connectivity index (χ1) is 14.0. The van der Waals surface area contributed by atoms with E-state index in [-0.39, 0.29) is 42.9 Å². The number of carbonyl (C=O) groups is 2. The molecule has 1 aliphatic heterocycles. The summed E-state index contributed by atoms with van der Waals surface area (Å²) in [7, 11) is 0. The summed E-state index contributed by atoms with van der Waals surface area (Å²) < 4.78 is 18.9. The zero-order valence-electron chi connectivity index (χ0n) is 15.6. The van der Waals surface area contributed by atoms with Gasteiger partial charge in [-0.25, -0.2) is 4.39 Å². The fraction of sp³-hybridized carbons (Fsp3) is 0.286. The Kier molecular flexibility index (Phi) is 7.04. The molecule has 8 heteroatoms. The molecular formula is C21H22FN3O4. The summed E-state index contributed by atoms with van der Waals surface area (Å²) in [5.41, 5.74) is 0.917. The molecule has 3 atom stereocenters. The number of hydrogen-bond donors (Lipinski definition) is 3. The SMILES string of the molecule is O=C(C[C@H]1C=C[C@H](NC(=O)c2ccccn2)[C@@H](CO)O1)NCc1cccc(F)c1. The van der Waals surface area contributed by atoms with E-state index in [4.69, 9.17) is 4.74 Å². The highest BCUT2D eigenvalue weighted by Gasteiger charge is 2.29. The molecule has 0 saturated carbocycles. The van der Waals surface area contributed by atoms with Crippen molar-refractivity contribution in [2.75, 3.05) is 6.61 Å². The number of pyridine rings is 1. The first kappa shape index (κ1) is 20.6. The number of aliphatic hydroxyl groups is 1. The number of benzene rings is 1. The zero-order chi connectivity index (χ0) is 20.6. The maximum atomic E-state index is 13.2. The molecule has 2 aromatic rings. The van der Waals surface area contributed by atoms with E-state index in [9.17, 15) is 19.1 Å². The van der Waals surface area contributed by atoms with Gasteiger partial charge < -0.3 is 20.5 Å². The van der Waals surface area contributed by atoms with Crippen molar-refractivity contribution in [2.45, 2.75) is 31.2 Å². The van der Waals surface area contributed by atoms with Crippen molar-refractivity contribution in [2.24, 2.45) is 0 Å². The van der Waals surface area contributed by atoms with Crippen LogP contribution in [-0.4, -0.2) is 46.8 Å². The van der Waals surface area contributed by atoms with Gasteiger partial charge in [-0.05, 0) is 29.8 Å². The minimum atomic E-state index is -0.686. The first-order valence-electron chi connectivity index (χ1n) is 9.23. The van der Waals surface area contributed by atoms with E-state index in [1.807, 2.05) is 0 Å². The smallest absolute Gasteiger partial charge is 0.270 e. The average molecular weight is 399 g/mol. The number of ether oxygens (including phenoxy) is 1. The van der Waals surface area contributed by atoms with Crippen molar-refractivity contribution in [3.63, 3.8) is 0 Å². The fourth-order valence-corrected chi connectivity index (χ4v) is 2.96. The Bertz CT molecular complexity index is 875. The Morgan fingerprint density at radius 2 is 2.03 bits per heavy atom. The van der Waals surface area contributed by atoms with E-state index in [1.54, 1.807) is 42.5 Å². The van der Waals surface area contributed by atoms with E-state index in [0.29, 0.717) is 5.56 Å². The molecule has 0 spiro atoms. The minimum Gasteiger partial charge on any atom is -0.394 e. The number of nitrogens with zero attached hydrogens (tertiary/aromatic N) is 1. The lowest BCUT2D eigenvalue weighted by atomic mass is 10.0. The Morgan fingerprint density at radius 3 is 2.76 bits per heavy atom. The van der Waals surface area contributed by atoms with E-state index in [1.165, 1.54) is 18.3 Å². The summed E-state index contributed by atoms with van der Waals surface area (Å²) in [6.45, 7) is -0.113. The second-order valence-electron chi connectivity index (χ2n) is 6.61. The van der Waals surface area contributed by atoms with Crippen molar-refractivity contribution >= 4 is 11.8 Å². The number of aromatic nitrogens is 1. The monoisotopic (exact) mass is 399 g/mol. The molecule has 2 heterocycles. The van der Waals surface area contributed by atoms with Crippen LogP contribution in [0.5, 0.6) is 0 Å². The highest BCUT2D eigenvalue weighted by molar-refractivity contribution is 5.92. The van der Waals surface area contributed by atoms with Crippen molar-refractivity contribution in [1.82, 2.24) is 15.6 Å². The van der Waals surface area contributed by atoms with Gasteiger partial charge in [-0.15, -0.1) is 0 Å². The number of amides is 2. The molecule has 0 unspecified atom stereocenters. The lowest BCUT2D eigenvalue weighted by Crippen LogP contribution is -2.49. The van der Waals surface area contributed by atoms with Crippen LogP contribution in [-0.2, 0) is 16.1 Å². The first-order valence-corrected chi connectivity index (χ1v) is 9.23. The molecule has 1 aromatic carbocycles. The Morgan fingerprint density at radius 1 is 1.17 bits per heavy atom. The molecule has 0 bridgehead atoms. The molecule has 1 aliphatic rings. The third kappa shape index (κ3) is 5.94. The Balaban J connectivity index is 1.52. The maximum Gasteiger partial charge on any atom is 0.270 e. The fourth-order valence-electron chi connectivity index (χ4n) is 2.96. The molecule has 0 saturated heterocycles. The molecule has 152 valence electrons. The molecule has 7 nitrogen and oxygen atoms in total. The summed E-state index contributed by atoms with van der Waals surface area (Å²) in [6.07, 6.45) is 3.72. The van der Waals surface area contributed by atoms with Crippen molar-refractivity contribution < 1.29 is 23.8 Å². The molecule has 3 rings (SSSR count). The quantitative estimate of drug-likeness (QED) is 0.610. The van der Waals surface area contributed by atoms with Crippen LogP contribution in [0.3, 0.4) is 0 Å². The largest absolute Gasteiger partial charge is 0.394 e. The molecule has 3 N–H and O–H groups in total. The molecule has 0 fully saturated rings. The molecule has 29 heavy (non-hydrogen) atoms. The third-order valence-corrected chi connectivity index (χ3v) is 4.42. The van der Waals surface area contributed by atoms with Crippen LogP contribution in [0.25, 0.3) is 0 Å². The van der Waals surface area contributed by atoms with Gasteiger partial charge in [0.1, 0.15) is 17.6 Å². The number of aliphatic hydroxyl groups excluding tert-OH is 1. The van der Waals surface area contributed by atoms with E-state index in [0.717, 1.165) is 0 Å². The number of rotatable bonds is 7. The van der Waals surface area contributed by atoms with Gasteiger partial charge in [0, 0.05) is 12.7 Å². The zero-order valence-corrected chi connectivity index (χ0v) is 15.6. The number of carbonyl (C=O) groups excluding carboxylic acids is 2. The molecule has 2 amide bonds. The molecule has 0 radical (unpaired) electrons. The van der Waals surface area contributed by atoms with Crippen molar-refractivity contribution in [1.29, 1.82) is 0 Å². The maximum absolute atomic E-state index is 13.2. The van der Waals surface area contributed by atoms with Crippen LogP contribution < -0.4 is 10.6 Å². The van der Waals surface area contributed by atoms with Gasteiger partial charge in [0.15, 0.2) is 0 Å². The van der Waals surface area contributed by atoms with E-state index in [2.05, 4.69) is 15.6 Å². The highest BCUT2D eigenvalue weighted by atomic mass is 19.1. The summed E-state index contributed by atoms with van der Waals surface area (Å²) >= 11 is 0. The standard InChI is InChI=1S/C21H22FN3O4/c22-15-5-3-4-14(10-15)12-24-20(27)11-16-7-8-17(19(13-26)29-16)25-21(28)18-6-1-2-9-23-18/h1-10,16-17,19,26H,11-13H2,(H,24,27)(H,25,28)/t16-,17+,19-/m1/s1. The second kappa shape index (κ2) is 9.90. The summed E-state index contributed by atoms with van der Waals surface area (Å²) in [5.74, 6) is -1.01. The number of hydrogen-bond acceptors (Lipinski definition) is 5. The summed E-state index contributed by atoms with van der Waals surface area (Å²) in [5, 5.41) is 15.1. The summed E-state index contributed by atoms with van der Waals surface area (Å²) in [4.78, 5) is 28.4. The van der Waals surface area contributed by atoms with E-state index >= 15 is 0 Å². The van der Waals surface area contributed by atoms with Crippen LogP contribution >= 0.6 is 0 Å². The van der Waals surface area contributed by atoms with Gasteiger partial charge >= 0.3 is 0 Å². The van der Waals surface area contributed by atoms with Gasteiger partial charge in [0.05, 0.1) is 25.2 Å². The molecule has 0 aliphatic carbocycles. The van der Waals surface area contributed by atoms with Crippen LogP contribution in [0.2, 0.25) is 0 Å². The second-order valence-corrected chi connectivity index (χ2v) is 6.61. The molecular weight excluding hydrogens is 377 g/mol. The highest BCUT2D eigenvalue weighted by Crippen LogP contribution is 2.16. The van der Waals surface area contributed by atoms with Crippen molar-refractivity contribution in [3.8, 4) is 0 Å². The minimum absolute atomic E-state index is 0.0449. The normalized spacial score (nSPS) is 20.8. The lowest BCUT2D eigenvalue weighted by molar-refractivity contribution is -0.125. The third-order valence-electron chi connectivity index (χ3n) is 4.42. The Hall–Kier alpha value is -3.10. The predicted octanol–water partition coefficient (Wildman–Crippen LogP) is 1.34. The van der Waals surface area contributed by atoms with Crippen LogP contribution in [0.15, 0.2) is 60.8 Å². The lowest BCUT2D eigenvalue weighted by Gasteiger charge is -2.31.